The van der Waals surface area contributed by atoms with Crippen LogP contribution in [0.5, 0.6) is 0 Å². The lowest BCUT2D eigenvalue weighted by Crippen LogP contribution is -2.10. The second-order valence-electron chi connectivity index (χ2n) is 2.96. The first-order valence-electron chi connectivity index (χ1n) is 4.13. The molecule has 0 saturated carbocycles. The fourth-order valence-electron chi connectivity index (χ4n) is 1.42. The van der Waals surface area contributed by atoms with E-state index in [0.29, 0.717) is 5.58 Å². The maximum Gasteiger partial charge on any atom is 0.392 e. The van der Waals surface area contributed by atoms with Crippen molar-refractivity contribution >= 4 is 16.9 Å². The Morgan fingerprint density at radius 1 is 1.43 bits per heavy atom. The van der Waals surface area contributed by atoms with E-state index >= 15 is 0 Å². The summed E-state index contributed by atoms with van der Waals surface area (Å²) in [5.74, 6) is 4.29. The highest BCUT2D eigenvalue weighted by molar-refractivity contribution is 5.95. The third-order valence-corrected chi connectivity index (χ3v) is 2.14. The molecule has 0 unspecified atom stereocenters. The van der Waals surface area contributed by atoms with Gasteiger partial charge in [0.2, 0.25) is 5.76 Å². The van der Waals surface area contributed by atoms with Crippen LogP contribution in [0.2, 0.25) is 0 Å². The van der Waals surface area contributed by atoms with E-state index in [1.165, 1.54) is 0 Å². The van der Waals surface area contributed by atoms with Crippen LogP contribution in [0.15, 0.2) is 28.7 Å². The van der Waals surface area contributed by atoms with E-state index < -0.39 is 5.97 Å². The number of furan rings is 1. The van der Waals surface area contributed by atoms with Crippen LogP contribution in [0.25, 0.3) is 11.0 Å². The summed E-state index contributed by atoms with van der Waals surface area (Å²) in [6.07, 6.45) is 0. The lowest BCUT2D eigenvalue weighted by atomic mass is 10.1. The zero-order valence-corrected chi connectivity index (χ0v) is 7.61. The summed E-state index contributed by atoms with van der Waals surface area (Å²) in [5, 5.41) is 0.896. The molecule has 2 N–H and O–H groups in total. The Bertz CT molecular complexity index is 487. The lowest BCUT2D eigenvalue weighted by Gasteiger charge is -1.92. The average Bonchev–Trinajstić information content (AvgIpc) is 2.56. The van der Waals surface area contributed by atoms with E-state index in [9.17, 15) is 4.79 Å². The van der Waals surface area contributed by atoms with Crippen molar-refractivity contribution in [3.8, 4) is 0 Å². The quantitative estimate of drug-likeness (QED) is 0.697. The van der Waals surface area contributed by atoms with Crippen LogP contribution in [-0.4, -0.2) is 5.97 Å². The van der Waals surface area contributed by atoms with Crippen LogP contribution in [-0.2, 0) is 4.84 Å². The molecule has 1 heterocycles. The molecule has 0 fully saturated rings. The first-order valence-corrected chi connectivity index (χ1v) is 4.13. The van der Waals surface area contributed by atoms with Gasteiger partial charge >= 0.3 is 5.97 Å². The zero-order chi connectivity index (χ0) is 10.1. The summed E-state index contributed by atoms with van der Waals surface area (Å²) in [6.45, 7) is 1.79. The van der Waals surface area contributed by atoms with Crippen molar-refractivity contribution in [2.75, 3.05) is 0 Å². The fourth-order valence-corrected chi connectivity index (χ4v) is 1.42. The Kier molecular flexibility index (Phi) is 1.98. The van der Waals surface area contributed by atoms with Crippen molar-refractivity contribution in [2.24, 2.45) is 5.90 Å². The minimum atomic E-state index is -0.654. The monoisotopic (exact) mass is 191 g/mol. The summed E-state index contributed by atoms with van der Waals surface area (Å²) in [5.41, 5.74) is 1.40. The molecule has 0 atom stereocenters. The van der Waals surface area contributed by atoms with Gasteiger partial charge in [0.15, 0.2) is 0 Å². The first-order chi connectivity index (χ1) is 6.74. The molecule has 2 aromatic rings. The van der Waals surface area contributed by atoms with Gasteiger partial charge in [0, 0.05) is 10.9 Å². The predicted molar refractivity (Wildman–Crippen MR) is 50.6 cm³/mol. The highest BCUT2D eigenvalue weighted by Gasteiger charge is 2.17. The number of nitrogens with two attached hydrogens (primary N) is 1. The molecule has 0 radical (unpaired) electrons. The number of rotatable bonds is 1. The minimum absolute atomic E-state index is 0.161. The summed E-state index contributed by atoms with van der Waals surface area (Å²) in [7, 11) is 0. The molecule has 4 heteroatoms. The normalized spacial score (nSPS) is 10.4. The van der Waals surface area contributed by atoms with E-state index in [-0.39, 0.29) is 5.76 Å². The van der Waals surface area contributed by atoms with E-state index in [1.807, 2.05) is 18.2 Å². The SMILES string of the molecule is Cc1c(C(=O)ON)oc2ccccc12. The second kappa shape index (κ2) is 3.16. The van der Waals surface area contributed by atoms with Crippen LogP contribution in [0.1, 0.15) is 16.1 Å². The predicted octanol–water partition coefficient (Wildman–Crippen LogP) is 1.77. The maximum absolute atomic E-state index is 11.2. The fraction of sp³-hybridized carbons (Fsp3) is 0.100. The van der Waals surface area contributed by atoms with Gasteiger partial charge in [0.1, 0.15) is 5.58 Å². The molecular weight excluding hydrogens is 182 g/mol. The smallest absolute Gasteiger partial charge is 0.392 e. The number of carbonyl (C=O) groups is 1. The van der Waals surface area contributed by atoms with E-state index in [4.69, 9.17) is 10.3 Å². The number of fused-ring (bicyclic) bond motifs is 1. The van der Waals surface area contributed by atoms with Crippen LogP contribution >= 0.6 is 0 Å². The van der Waals surface area contributed by atoms with Gasteiger partial charge in [-0.1, -0.05) is 18.2 Å². The molecule has 0 saturated heterocycles. The van der Waals surface area contributed by atoms with Gasteiger partial charge in [-0.15, -0.1) is 0 Å². The third-order valence-electron chi connectivity index (χ3n) is 2.14. The summed E-state index contributed by atoms with van der Waals surface area (Å²) in [6, 6.07) is 7.38. The highest BCUT2D eigenvalue weighted by Crippen LogP contribution is 2.24. The molecule has 0 aliphatic heterocycles. The van der Waals surface area contributed by atoms with Gasteiger partial charge in [-0.25, -0.2) is 4.79 Å². The molecular formula is C10H9NO3. The molecule has 2 rings (SSSR count). The van der Waals surface area contributed by atoms with Crippen LogP contribution in [0.4, 0.5) is 0 Å². The topological polar surface area (TPSA) is 65.5 Å². The molecule has 0 bridgehead atoms. The Morgan fingerprint density at radius 2 is 2.14 bits per heavy atom. The molecule has 4 nitrogen and oxygen atoms in total. The number of para-hydroxylation sites is 1. The Labute approximate surface area is 80.2 Å². The van der Waals surface area contributed by atoms with Crippen molar-refractivity contribution < 1.29 is 14.0 Å². The Balaban J connectivity index is 2.68. The van der Waals surface area contributed by atoms with Crippen molar-refractivity contribution in [2.45, 2.75) is 6.92 Å². The van der Waals surface area contributed by atoms with E-state index in [1.54, 1.807) is 13.0 Å². The molecule has 72 valence electrons. The first kappa shape index (κ1) is 8.77. The zero-order valence-electron chi connectivity index (χ0n) is 7.61. The van der Waals surface area contributed by atoms with Gasteiger partial charge in [-0.05, 0) is 13.0 Å². The average molecular weight is 191 g/mol. The molecule has 0 aliphatic carbocycles. The standard InChI is InChI=1S/C10H9NO3/c1-6-7-4-2-3-5-8(7)13-9(6)10(12)14-11/h2-5H,11H2,1H3. The number of aryl methyl sites for hydroxylation is 1. The number of hydrogen-bond acceptors (Lipinski definition) is 4. The Morgan fingerprint density at radius 3 is 2.79 bits per heavy atom. The highest BCUT2D eigenvalue weighted by atomic mass is 16.7. The van der Waals surface area contributed by atoms with E-state index in [2.05, 4.69) is 4.84 Å². The number of hydrogen-bond donors (Lipinski definition) is 1. The van der Waals surface area contributed by atoms with Gasteiger partial charge in [-0.2, -0.15) is 5.90 Å². The second-order valence-corrected chi connectivity index (χ2v) is 2.96. The van der Waals surface area contributed by atoms with Gasteiger partial charge in [-0.3, -0.25) is 0 Å². The summed E-state index contributed by atoms with van der Waals surface area (Å²) in [4.78, 5) is 15.3. The third kappa shape index (κ3) is 1.16. The van der Waals surface area contributed by atoms with Crippen molar-refractivity contribution in [1.82, 2.24) is 0 Å². The van der Waals surface area contributed by atoms with Gasteiger partial charge < -0.3 is 9.25 Å². The molecule has 1 aromatic heterocycles. The summed E-state index contributed by atoms with van der Waals surface area (Å²) < 4.78 is 5.30. The molecule has 0 amide bonds. The maximum atomic E-state index is 11.2. The van der Waals surface area contributed by atoms with Gasteiger partial charge in [0.05, 0.1) is 0 Å². The Hall–Kier alpha value is -1.81. The lowest BCUT2D eigenvalue weighted by molar-refractivity contribution is 0.0468. The van der Waals surface area contributed by atoms with Crippen LogP contribution < -0.4 is 5.90 Å². The minimum Gasteiger partial charge on any atom is -0.449 e. The van der Waals surface area contributed by atoms with Crippen LogP contribution in [0.3, 0.4) is 0 Å². The largest absolute Gasteiger partial charge is 0.449 e. The summed E-state index contributed by atoms with van der Waals surface area (Å²) >= 11 is 0. The van der Waals surface area contributed by atoms with Crippen LogP contribution in [0, 0.1) is 6.92 Å². The molecule has 0 aliphatic rings. The number of carbonyl (C=O) groups excluding carboxylic acids is 1. The number of benzene rings is 1. The molecule has 0 spiro atoms. The molecule has 14 heavy (non-hydrogen) atoms. The van der Waals surface area contributed by atoms with Gasteiger partial charge in [0.25, 0.3) is 0 Å². The van der Waals surface area contributed by atoms with E-state index in [0.717, 1.165) is 10.9 Å². The van der Waals surface area contributed by atoms with Crippen molar-refractivity contribution in [1.29, 1.82) is 0 Å². The molecule has 1 aromatic carbocycles. The van der Waals surface area contributed by atoms with Crippen molar-refractivity contribution in [3.63, 3.8) is 0 Å². The van der Waals surface area contributed by atoms with Crippen molar-refractivity contribution in [3.05, 3.63) is 35.6 Å².